The fraction of sp³-hybridized carbons (Fsp3) is 0.294. The molecule has 2 aromatic carbocycles. The second-order valence-electron chi connectivity index (χ2n) is 5.29. The van der Waals surface area contributed by atoms with Crippen molar-refractivity contribution in [3.63, 3.8) is 0 Å². The van der Waals surface area contributed by atoms with E-state index >= 15 is 0 Å². The van der Waals surface area contributed by atoms with Crippen molar-refractivity contribution in [3.8, 4) is 5.75 Å². The van der Waals surface area contributed by atoms with E-state index in [1.165, 1.54) is 0 Å². The first kappa shape index (κ1) is 14.0. The maximum Gasteiger partial charge on any atom is 0.130 e. The van der Waals surface area contributed by atoms with Crippen LogP contribution in [-0.2, 0) is 13.0 Å². The van der Waals surface area contributed by atoms with Crippen LogP contribution in [0.2, 0.25) is 0 Å². The van der Waals surface area contributed by atoms with Crippen LogP contribution < -0.4 is 4.74 Å². The van der Waals surface area contributed by atoms with Crippen molar-refractivity contribution in [2.45, 2.75) is 32.0 Å². The molecule has 2 aromatic rings. The van der Waals surface area contributed by atoms with E-state index in [1.54, 1.807) is 6.07 Å². The van der Waals surface area contributed by atoms with Crippen molar-refractivity contribution >= 4 is 0 Å². The number of hydrogen-bond acceptors (Lipinski definition) is 2. The Bertz CT molecular complexity index is 655. The van der Waals surface area contributed by atoms with Gasteiger partial charge in [0.15, 0.2) is 0 Å². The highest BCUT2D eigenvalue weighted by Gasteiger charge is 2.18. The van der Waals surface area contributed by atoms with Crippen molar-refractivity contribution in [2.24, 2.45) is 0 Å². The maximum absolute atomic E-state index is 13.5. The fourth-order valence-electron chi connectivity index (χ4n) is 2.67. The average Bonchev–Trinajstić information content (AvgIpc) is 2.48. The summed E-state index contributed by atoms with van der Waals surface area (Å²) in [5, 5.41) is 9.89. The lowest BCUT2D eigenvalue weighted by Gasteiger charge is -2.21. The Labute approximate surface area is 122 Å². The maximum atomic E-state index is 13.5. The van der Waals surface area contributed by atoms with Gasteiger partial charge in [0.25, 0.3) is 0 Å². The van der Waals surface area contributed by atoms with Crippen LogP contribution >= 0.6 is 0 Å². The summed E-state index contributed by atoms with van der Waals surface area (Å²) in [6, 6.07) is 8.78. The summed E-state index contributed by atoms with van der Waals surface area (Å²) in [5.41, 5.74) is 2.18. The molecule has 1 aliphatic rings. The number of halogens is 2. The summed E-state index contributed by atoms with van der Waals surface area (Å²) in [7, 11) is 0. The highest BCUT2D eigenvalue weighted by atomic mass is 19.1. The number of ether oxygens (including phenoxy) is 1. The molecule has 1 N–H and O–H groups in total. The zero-order chi connectivity index (χ0) is 14.8. The van der Waals surface area contributed by atoms with Gasteiger partial charge in [-0.1, -0.05) is 6.07 Å². The Morgan fingerprint density at radius 1 is 1.14 bits per heavy atom. The van der Waals surface area contributed by atoms with E-state index in [0.29, 0.717) is 5.75 Å². The summed E-state index contributed by atoms with van der Waals surface area (Å²) in [4.78, 5) is 0. The normalized spacial score (nSPS) is 17.4. The largest absolute Gasteiger partial charge is 0.489 e. The van der Waals surface area contributed by atoms with Gasteiger partial charge in [-0.2, -0.15) is 0 Å². The third kappa shape index (κ3) is 3.05. The second-order valence-corrected chi connectivity index (χ2v) is 5.29. The fourth-order valence-corrected chi connectivity index (χ4v) is 2.67. The molecule has 0 heterocycles. The molecule has 0 fully saturated rings. The summed E-state index contributed by atoms with van der Waals surface area (Å²) >= 11 is 0. The Morgan fingerprint density at radius 2 is 2.00 bits per heavy atom. The van der Waals surface area contributed by atoms with Gasteiger partial charge in [0.1, 0.15) is 24.0 Å². The minimum Gasteiger partial charge on any atom is -0.489 e. The van der Waals surface area contributed by atoms with E-state index < -0.39 is 17.7 Å². The van der Waals surface area contributed by atoms with Gasteiger partial charge in [-0.3, -0.25) is 0 Å². The lowest BCUT2D eigenvalue weighted by molar-refractivity contribution is 0.156. The smallest absolute Gasteiger partial charge is 0.130 e. The average molecular weight is 290 g/mol. The van der Waals surface area contributed by atoms with Gasteiger partial charge >= 0.3 is 0 Å². The molecular formula is C17H16F2O2. The molecule has 2 nitrogen and oxygen atoms in total. The first-order valence-electron chi connectivity index (χ1n) is 7.01. The van der Waals surface area contributed by atoms with Crippen LogP contribution in [0.3, 0.4) is 0 Å². The Kier molecular flexibility index (Phi) is 3.88. The molecule has 1 atom stereocenters. The van der Waals surface area contributed by atoms with E-state index in [2.05, 4.69) is 0 Å². The molecule has 0 aliphatic heterocycles. The molecule has 1 unspecified atom stereocenters. The minimum absolute atomic E-state index is 0.0229. The monoisotopic (exact) mass is 290 g/mol. The number of aryl methyl sites for hydroxylation is 1. The van der Waals surface area contributed by atoms with Gasteiger partial charge in [0.2, 0.25) is 0 Å². The van der Waals surface area contributed by atoms with Crippen molar-refractivity contribution < 1.29 is 18.6 Å². The van der Waals surface area contributed by atoms with Gasteiger partial charge in [-0.25, -0.2) is 8.78 Å². The molecule has 4 heteroatoms. The number of rotatable bonds is 3. The zero-order valence-corrected chi connectivity index (χ0v) is 11.5. The van der Waals surface area contributed by atoms with Crippen LogP contribution in [0, 0.1) is 11.6 Å². The van der Waals surface area contributed by atoms with E-state index in [1.807, 2.05) is 12.1 Å². The van der Waals surface area contributed by atoms with E-state index in [4.69, 9.17) is 4.74 Å². The number of aliphatic hydroxyl groups is 1. The SMILES string of the molecule is OC1CCCc2cc(OCc3cc(F)ccc3F)ccc21. The van der Waals surface area contributed by atoms with Crippen molar-refractivity contribution in [2.75, 3.05) is 0 Å². The second kappa shape index (κ2) is 5.82. The van der Waals surface area contributed by atoms with E-state index in [-0.39, 0.29) is 12.2 Å². The van der Waals surface area contributed by atoms with Crippen LogP contribution in [0.1, 0.15) is 35.6 Å². The predicted molar refractivity (Wildman–Crippen MR) is 75.0 cm³/mol. The van der Waals surface area contributed by atoms with Gasteiger partial charge < -0.3 is 9.84 Å². The van der Waals surface area contributed by atoms with Crippen LogP contribution in [0.4, 0.5) is 8.78 Å². The van der Waals surface area contributed by atoms with Gasteiger partial charge in [-0.15, -0.1) is 0 Å². The third-order valence-electron chi connectivity index (χ3n) is 3.80. The molecule has 0 saturated carbocycles. The molecule has 0 aromatic heterocycles. The van der Waals surface area contributed by atoms with Crippen molar-refractivity contribution in [1.82, 2.24) is 0 Å². The van der Waals surface area contributed by atoms with Crippen molar-refractivity contribution in [1.29, 1.82) is 0 Å². The molecule has 110 valence electrons. The molecular weight excluding hydrogens is 274 g/mol. The molecule has 1 aliphatic carbocycles. The highest BCUT2D eigenvalue weighted by molar-refractivity contribution is 5.38. The summed E-state index contributed by atoms with van der Waals surface area (Å²) < 4.78 is 32.1. The summed E-state index contributed by atoms with van der Waals surface area (Å²) in [6.07, 6.45) is 2.21. The third-order valence-corrected chi connectivity index (χ3v) is 3.80. The molecule has 0 amide bonds. The van der Waals surface area contributed by atoms with Gasteiger partial charge in [0.05, 0.1) is 6.10 Å². The summed E-state index contributed by atoms with van der Waals surface area (Å²) in [6.45, 7) is -0.0229. The number of benzene rings is 2. The van der Waals surface area contributed by atoms with E-state index in [9.17, 15) is 13.9 Å². The first-order chi connectivity index (χ1) is 10.1. The van der Waals surface area contributed by atoms with Crippen LogP contribution in [0.15, 0.2) is 36.4 Å². The van der Waals surface area contributed by atoms with Crippen molar-refractivity contribution in [3.05, 3.63) is 64.7 Å². The molecule has 0 bridgehead atoms. The van der Waals surface area contributed by atoms with Crippen LogP contribution in [-0.4, -0.2) is 5.11 Å². The molecule has 0 spiro atoms. The Balaban J connectivity index is 1.75. The number of aliphatic hydroxyl groups excluding tert-OH is 1. The minimum atomic E-state index is -0.483. The summed E-state index contributed by atoms with van der Waals surface area (Å²) in [5.74, 6) is -0.361. The predicted octanol–water partition coefficient (Wildman–Crippen LogP) is 3.91. The Morgan fingerprint density at radius 3 is 2.86 bits per heavy atom. The molecule has 0 saturated heterocycles. The number of hydrogen-bond donors (Lipinski definition) is 1. The highest BCUT2D eigenvalue weighted by Crippen LogP contribution is 2.32. The quantitative estimate of drug-likeness (QED) is 0.928. The topological polar surface area (TPSA) is 29.5 Å². The van der Waals surface area contributed by atoms with Gasteiger partial charge in [0, 0.05) is 5.56 Å². The lowest BCUT2D eigenvalue weighted by atomic mass is 9.89. The first-order valence-corrected chi connectivity index (χ1v) is 7.01. The standard InChI is InChI=1S/C17H16F2O2/c18-13-4-7-16(19)12(8-13)10-21-14-5-6-15-11(9-14)2-1-3-17(15)20/h4-9,17,20H,1-3,10H2. The molecule has 21 heavy (non-hydrogen) atoms. The molecule has 0 radical (unpaired) electrons. The van der Waals surface area contributed by atoms with Crippen LogP contribution in [0.25, 0.3) is 0 Å². The molecule has 3 rings (SSSR count). The van der Waals surface area contributed by atoms with Crippen LogP contribution in [0.5, 0.6) is 5.75 Å². The number of fused-ring (bicyclic) bond motifs is 1. The van der Waals surface area contributed by atoms with Gasteiger partial charge in [-0.05, 0) is 60.7 Å². The zero-order valence-electron chi connectivity index (χ0n) is 11.5. The Hall–Kier alpha value is -1.94. The van der Waals surface area contributed by atoms with E-state index in [0.717, 1.165) is 48.6 Å². The lowest BCUT2D eigenvalue weighted by Crippen LogP contribution is -2.09.